The van der Waals surface area contributed by atoms with Crippen molar-refractivity contribution >= 4 is 17.6 Å². The third-order valence-electron chi connectivity index (χ3n) is 3.02. The van der Waals surface area contributed by atoms with Crippen LogP contribution in [0.25, 0.3) is 0 Å². The van der Waals surface area contributed by atoms with Crippen molar-refractivity contribution in [1.82, 2.24) is 9.78 Å². The second-order valence-electron chi connectivity index (χ2n) is 4.15. The molecule has 0 bridgehead atoms. The highest BCUT2D eigenvalue weighted by Gasteiger charge is 2.20. The fourth-order valence-electron chi connectivity index (χ4n) is 2.30. The lowest BCUT2D eigenvalue weighted by atomic mass is 10.1. The minimum atomic E-state index is 0.697. The normalized spacial score (nSPS) is 16.8. The van der Waals surface area contributed by atoms with E-state index < -0.39 is 0 Å². The molecule has 0 aliphatic carbocycles. The van der Waals surface area contributed by atoms with E-state index in [0.29, 0.717) is 6.54 Å². The predicted octanol–water partition coefficient (Wildman–Crippen LogP) is 0.783. The van der Waals surface area contributed by atoms with Gasteiger partial charge in [0.1, 0.15) is 5.82 Å². The van der Waals surface area contributed by atoms with Crippen LogP contribution in [0, 0.1) is 6.92 Å². The van der Waals surface area contributed by atoms with Crippen LogP contribution < -0.4 is 10.6 Å². The van der Waals surface area contributed by atoms with Crippen LogP contribution in [0.5, 0.6) is 0 Å². The van der Waals surface area contributed by atoms with Gasteiger partial charge in [-0.3, -0.25) is 4.68 Å². The molecule has 1 aromatic heterocycles. The maximum Gasteiger partial charge on any atom is 0.130 e. The summed E-state index contributed by atoms with van der Waals surface area (Å²) in [6, 6.07) is 0. The summed E-state index contributed by atoms with van der Waals surface area (Å²) in [4.78, 5) is 2.45. The Kier molecular flexibility index (Phi) is 3.76. The summed E-state index contributed by atoms with van der Waals surface area (Å²) in [5.74, 6) is 3.71. The average molecular weight is 240 g/mol. The largest absolute Gasteiger partial charge is 0.355 e. The number of thioether (sulfide) groups is 1. The summed E-state index contributed by atoms with van der Waals surface area (Å²) < 4.78 is 2.01. The van der Waals surface area contributed by atoms with Gasteiger partial charge in [0, 0.05) is 37.2 Å². The zero-order valence-corrected chi connectivity index (χ0v) is 10.9. The standard InChI is InChI=1S/C11H20N4S/c1-9-10(3-4-12)11(14(2)13-9)15-5-7-16-8-6-15/h3-8,12H2,1-2H3. The summed E-state index contributed by atoms with van der Waals surface area (Å²) >= 11 is 2.03. The molecule has 2 rings (SSSR count). The van der Waals surface area contributed by atoms with E-state index in [1.807, 2.05) is 23.5 Å². The molecule has 16 heavy (non-hydrogen) atoms. The predicted molar refractivity (Wildman–Crippen MR) is 70.2 cm³/mol. The van der Waals surface area contributed by atoms with E-state index in [1.165, 1.54) is 22.9 Å². The molecule has 0 amide bonds. The summed E-state index contributed by atoms with van der Waals surface area (Å²) in [6.45, 7) is 5.03. The summed E-state index contributed by atoms with van der Waals surface area (Å²) in [5.41, 5.74) is 8.13. The molecule has 1 aliphatic rings. The number of rotatable bonds is 3. The average Bonchev–Trinajstić information content (AvgIpc) is 2.56. The molecule has 0 atom stereocenters. The molecule has 1 saturated heterocycles. The van der Waals surface area contributed by atoms with Gasteiger partial charge in [-0.2, -0.15) is 16.9 Å². The van der Waals surface area contributed by atoms with Crippen LogP contribution in [0.4, 0.5) is 5.82 Å². The van der Waals surface area contributed by atoms with E-state index in [4.69, 9.17) is 5.73 Å². The lowest BCUT2D eigenvalue weighted by Crippen LogP contribution is -2.34. The maximum atomic E-state index is 5.68. The molecule has 2 N–H and O–H groups in total. The summed E-state index contributed by atoms with van der Waals surface area (Å²) in [6.07, 6.45) is 0.929. The van der Waals surface area contributed by atoms with Gasteiger partial charge in [0.15, 0.2) is 0 Å². The van der Waals surface area contributed by atoms with Gasteiger partial charge in [-0.25, -0.2) is 0 Å². The molecule has 0 unspecified atom stereocenters. The Morgan fingerprint density at radius 2 is 2.06 bits per heavy atom. The lowest BCUT2D eigenvalue weighted by molar-refractivity contribution is 0.712. The molecule has 5 heteroatoms. The van der Waals surface area contributed by atoms with E-state index in [9.17, 15) is 0 Å². The number of nitrogens with zero attached hydrogens (tertiary/aromatic N) is 3. The third-order valence-corrected chi connectivity index (χ3v) is 3.96. The molecule has 90 valence electrons. The Morgan fingerprint density at radius 1 is 1.38 bits per heavy atom. The topological polar surface area (TPSA) is 47.1 Å². The zero-order chi connectivity index (χ0) is 11.5. The van der Waals surface area contributed by atoms with Crippen molar-refractivity contribution in [2.24, 2.45) is 12.8 Å². The van der Waals surface area contributed by atoms with Crippen LogP contribution in [0.15, 0.2) is 0 Å². The Bertz CT molecular complexity index is 355. The van der Waals surface area contributed by atoms with E-state index in [-0.39, 0.29) is 0 Å². The molecular weight excluding hydrogens is 220 g/mol. The Morgan fingerprint density at radius 3 is 2.69 bits per heavy atom. The van der Waals surface area contributed by atoms with Crippen molar-refractivity contribution in [3.05, 3.63) is 11.3 Å². The quantitative estimate of drug-likeness (QED) is 0.848. The molecule has 2 heterocycles. The molecule has 1 aliphatic heterocycles. The molecule has 1 fully saturated rings. The van der Waals surface area contributed by atoms with Crippen LogP contribution in [0.3, 0.4) is 0 Å². The van der Waals surface area contributed by atoms with Crippen molar-refractivity contribution in [2.45, 2.75) is 13.3 Å². The summed E-state index contributed by atoms with van der Waals surface area (Å²) in [5, 5.41) is 4.52. The number of anilines is 1. The highest BCUT2D eigenvalue weighted by Crippen LogP contribution is 2.25. The molecule has 0 saturated carbocycles. The minimum Gasteiger partial charge on any atom is -0.355 e. The zero-order valence-electron chi connectivity index (χ0n) is 10.1. The van der Waals surface area contributed by atoms with Crippen LogP contribution in [0.1, 0.15) is 11.3 Å². The van der Waals surface area contributed by atoms with Gasteiger partial charge in [-0.1, -0.05) is 0 Å². The maximum absolute atomic E-state index is 5.68. The molecule has 0 radical (unpaired) electrons. The molecule has 0 spiro atoms. The fraction of sp³-hybridized carbons (Fsp3) is 0.727. The third kappa shape index (κ3) is 2.20. The van der Waals surface area contributed by atoms with Crippen molar-refractivity contribution in [3.8, 4) is 0 Å². The highest BCUT2D eigenvalue weighted by molar-refractivity contribution is 7.99. The van der Waals surface area contributed by atoms with Gasteiger partial charge in [0.05, 0.1) is 5.69 Å². The molecule has 0 aromatic carbocycles. The van der Waals surface area contributed by atoms with E-state index in [0.717, 1.165) is 25.2 Å². The SMILES string of the molecule is Cc1nn(C)c(N2CCSCC2)c1CCN. The monoisotopic (exact) mass is 240 g/mol. The van der Waals surface area contributed by atoms with Crippen molar-refractivity contribution < 1.29 is 0 Å². The van der Waals surface area contributed by atoms with Gasteiger partial charge >= 0.3 is 0 Å². The van der Waals surface area contributed by atoms with Gasteiger partial charge in [-0.05, 0) is 19.9 Å². The van der Waals surface area contributed by atoms with Crippen molar-refractivity contribution in [3.63, 3.8) is 0 Å². The highest BCUT2D eigenvalue weighted by atomic mass is 32.2. The summed E-state index contributed by atoms with van der Waals surface area (Å²) in [7, 11) is 2.03. The van der Waals surface area contributed by atoms with Crippen LogP contribution in [0.2, 0.25) is 0 Å². The first kappa shape index (κ1) is 11.8. The smallest absolute Gasteiger partial charge is 0.130 e. The van der Waals surface area contributed by atoms with E-state index in [2.05, 4.69) is 16.9 Å². The Balaban J connectivity index is 2.29. The number of hydrogen-bond donors (Lipinski definition) is 1. The second-order valence-corrected chi connectivity index (χ2v) is 5.37. The molecule has 1 aromatic rings. The number of aryl methyl sites for hydroxylation is 2. The van der Waals surface area contributed by atoms with E-state index in [1.54, 1.807) is 0 Å². The molecular formula is C11H20N4S. The lowest BCUT2D eigenvalue weighted by Gasteiger charge is -2.29. The number of aromatic nitrogens is 2. The van der Waals surface area contributed by atoms with Gasteiger partial charge in [0.25, 0.3) is 0 Å². The first-order valence-electron chi connectivity index (χ1n) is 5.79. The van der Waals surface area contributed by atoms with Crippen LogP contribution in [-0.2, 0) is 13.5 Å². The van der Waals surface area contributed by atoms with Crippen LogP contribution in [-0.4, -0.2) is 40.9 Å². The first-order valence-corrected chi connectivity index (χ1v) is 6.94. The van der Waals surface area contributed by atoms with Gasteiger partial charge < -0.3 is 10.6 Å². The Labute approximate surface area is 101 Å². The first-order chi connectivity index (χ1) is 7.74. The van der Waals surface area contributed by atoms with Gasteiger partial charge in [0.2, 0.25) is 0 Å². The van der Waals surface area contributed by atoms with E-state index >= 15 is 0 Å². The minimum absolute atomic E-state index is 0.697. The Hall–Kier alpha value is -0.680. The molecule has 4 nitrogen and oxygen atoms in total. The number of nitrogens with two attached hydrogens (primary N) is 1. The van der Waals surface area contributed by atoms with Crippen molar-refractivity contribution in [2.75, 3.05) is 36.0 Å². The van der Waals surface area contributed by atoms with Gasteiger partial charge in [-0.15, -0.1) is 0 Å². The fourth-order valence-corrected chi connectivity index (χ4v) is 3.20. The number of hydrogen-bond acceptors (Lipinski definition) is 4. The van der Waals surface area contributed by atoms with Crippen LogP contribution >= 0.6 is 11.8 Å². The van der Waals surface area contributed by atoms with Crippen molar-refractivity contribution in [1.29, 1.82) is 0 Å². The second kappa shape index (κ2) is 5.10.